The van der Waals surface area contributed by atoms with Crippen molar-refractivity contribution >= 4 is 62.3 Å². The van der Waals surface area contributed by atoms with Gasteiger partial charge in [0.1, 0.15) is 5.69 Å². The highest BCUT2D eigenvalue weighted by atomic mass is 35.5. The van der Waals surface area contributed by atoms with Crippen LogP contribution in [-0.2, 0) is 11.2 Å². The normalized spacial score (nSPS) is 11.4. The number of halogens is 2. The highest BCUT2D eigenvalue weighted by Gasteiger charge is 2.17. The van der Waals surface area contributed by atoms with E-state index in [2.05, 4.69) is 20.6 Å². The minimum atomic E-state index is -0.281. The summed E-state index contributed by atoms with van der Waals surface area (Å²) in [7, 11) is 0. The monoisotopic (exact) mass is 457 g/mol. The van der Waals surface area contributed by atoms with Crippen LogP contribution >= 0.6 is 34.5 Å². The van der Waals surface area contributed by atoms with Gasteiger partial charge in [-0.25, -0.2) is 4.52 Å². The van der Waals surface area contributed by atoms with Gasteiger partial charge in [-0.05, 0) is 37.3 Å². The van der Waals surface area contributed by atoms with Gasteiger partial charge in [0.2, 0.25) is 16.8 Å². The molecule has 1 amide bonds. The third-order valence-corrected chi connectivity index (χ3v) is 5.93. The molecule has 5 rings (SSSR count). The smallest absolute Gasteiger partial charge is 0.250 e. The number of hydrogen-bond donors (Lipinski definition) is 1. The Morgan fingerprint density at radius 1 is 1.23 bits per heavy atom. The van der Waals surface area contributed by atoms with Crippen LogP contribution < -0.4 is 5.32 Å². The predicted octanol–water partition coefficient (Wildman–Crippen LogP) is 5.40. The van der Waals surface area contributed by atoms with Crippen LogP contribution in [-0.4, -0.2) is 25.7 Å². The van der Waals surface area contributed by atoms with E-state index >= 15 is 0 Å². The molecule has 5 aromatic rings. The number of aromatic nitrogens is 4. The first-order valence-corrected chi connectivity index (χ1v) is 10.6. The van der Waals surface area contributed by atoms with Gasteiger partial charge in [-0.1, -0.05) is 40.0 Å². The van der Waals surface area contributed by atoms with Gasteiger partial charge < -0.3 is 4.52 Å². The number of rotatable bonds is 4. The molecule has 0 spiro atoms. The van der Waals surface area contributed by atoms with Gasteiger partial charge in [0.15, 0.2) is 5.58 Å². The van der Waals surface area contributed by atoms with Gasteiger partial charge in [-0.15, -0.1) is 16.4 Å². The summed E-state index contributed by atoms with van der Waals surface area (Å²) in [4.78, 5) is 17.5. The first-order valence-electron chi connectivity index (χ1n) is 8.92. The third-order valence-electron chi connectivity index (χ3n) is 4.57. The summed E-state index contributed by atoms with van der Waals surface area (Å²) in [5, 5.41) is 14.9. The van der Waals surface area contributed by atoms with E-state index in [-0.39, 0.29) is 18.3 Å². The molecule has 2 aromatic carbocycles. The quantitative estimate of drug-likeness (QED) is 0.390. The van der Waals surface area contributed by atoms with Gasteiger partial charge in [0, 0.05) is 21.4 Å². The summed E-state index contributed by atoms with van der Waals surface area (Å²) >= 11 is 13.7. The molecule has 0 saturated carbocycles. The zero-order chi connectivity index (χ0) is 20.8. The van der Waals surface area contributed by atoms with E-state index < -0.39 is 0 Å². The van der Waals surface area contributed by atoms with E-state index in [0.29, 0.717) is 26.3 Å². The Labute approximate surface area is 184 Å². The number of thiazole rings is 1. The van der Waals surface area contributed by atoms with E-state index in [1.54, 1.807) is 16.6 Å². The van der Waals surface area contributed by atoms with E-state index in [4.69, 9.17) is 27.7 Å². The van der Waals surface area contributed by atoms with Crippen LogP contribution in [0.1, 0.15) is 11.3 Å². The molecule has 0 aliphatic rings. The first-order chi connectivity index (χ1) is 14.5. The van der Waals surface area contributed by atoms with Crippen LogP contribution in [0.25, 0.3) is 27.2 Å². The number of carbonyl (C=O) groups excluding carboxylic acids is 1. The predicted molar refractivity (Wildman–Crippen MR) is 117 cm³/mol. The lowest BCUT2D eigenvalue weighted by atomic mass is 10.1. The number of hydrogen-bond acceptors (Lipinski definition) is 6. The minimum Gasteiger partial charge on any atom is -0.356 e. The number of anilines is 1. The number of amides is 1. The van der Waals surface area contributed by atoms with Crippen LogP contribution in [0.4, 0.5) is 5.95 Å². The molecular weight excluding hydrogens is 445 g/mol. The Balaban J connectivity index is 1.39. The second-order valence-corrected chi connectivity index (χ2v) is 8.41. The summed E-state index contributed by atoms with van der Waals surface area (Å²) in [6.07, 6.45) is 0.0547. The van der Waals surface area contributed by atoms with Gasteiger partial charge in [0.25, 0.3) is 0 Å². The van der Waals surface area contributed by atoms with Crippen molar-refractivity contribution in [3.05, 3.63) is 63.1 Å². The van der Waals surface area contributed by atoms with Crippen molar-refractivity contribution in [1.82, 2.24) is 19.8 Å². The van der Waals surface area contributed by atoms with Crippen molar-refractivity contribution in [1.29, 1.82) is 0 Å². The number of benzene rings is 2. The largest absolute Gasteiger partial charge is 0.356 e. The lowest BCUT2D eigenvalue weighted by Gasteiger charge is -2.03. The van der Waals surface area contributed by atoms with Gasteiger partial charge >= 0.3 is 0 Å². The molecule has 3 heterocycles. The highest BCUT2D eigenvalue weighted by molar-refractivity contribution is 7.15. The lowest BCUT2D eigenvalue weighted by Crippen LogP contribution is -2.15. The first kappa shape index (κ1) is 19.0. The molecule has 7 nitrogen and oxygen atoms in total. The Morgan fingerprint density at radius 2 is 2.10 bits per heavy atom. The Bertz CT molecular complexity index is 1420. The Morgan fingerprint density at radius 3 is 2.93 bits per heavy atom. The topological polar surface area (TPSA) is 85.3 Å². The number of fused-ring (bicyclic) bond motifs is 2. The molecule has 0 bridgehead atoms. The summed E-state index contributed by atoms with van der Waals surface area (Å²) in [6, 6.07) is 11.0. The Hall–Kier alpha value is -2.94. The van der Waals surface area contributed by atoms with Crippen molar-refractivity contribution in [3.8, 4) is 11.3 Å². The molecule has 0 aliphatic heterocycles. The van der Waals surface area contributed by atoms with Crippen LogP contribution in [0.5, 0.6) is 0 Å². The fourth-order valence-electron chi connectivity index (χ4n) is 3.17. The lowest BCUT2D eigenvalue weighted by molar-refractivity contribution is -0.115. The summed E-state index contributed by atoms with van der Waals surface area (Å²) in [5.41, 5.74) is 3.83. The average molecular weight is 458 g/mol. The summed E-state index contributed by atoms with van der Waals surface area (Å²) in [6.45, 7) is 1.97. The zero-order valence-electron chi connectivity index (χ0n) is 15.5. The van der Waals surface area contributed by atoms with Gasteiger partial charge in [-0.3, -0.25) is 10.1 Å². The fourth-order valence-corrected chi connectivity index (χ4v) is 4.50. The maximum absolute atomic E-state index is 12.5. The molecular formula is C20H13Cl2N5O2S. The second-order valence-electron chi connectivity index (χ2n) is 6.73. The van der Waals surface area contributed by atoms with E-state index in [1.807, 2.05) is 36.6 Å². The van der Waals surface area contributed by atoms with Crippen LogP contribution in [0.3, 0.4) is 0 Å². The molecule has 0 unspecified atom stereocenters. The van der Waals surface area contributed by atoms with Crippen molar-refractivity contribution in [2.45, 2.75) is 13.3 Å². The molecule has 1 N–H and O–H groups in total. The second kappa shape index (κ2) is 7.39. The maximum atomic E-state index is 12.5. The van der Waals surface area contributed by atoms with Crippen molar-refractivity contribution in [2.24, 2.45) is 0 Å². The number of nitrogens with one attached hydrogen (secondary N) is 1. The molecule has 0 radical (unpaired) electrons. The minimum absolute atomic E-state index is 0.0547. The van der Waals surface area contributed by atoms with Crippen molar-refractivity contribution in [2.75, 3.05) is 5.32 Å². The molecule has 0 fully saturated rings. The molecule has 0 atom stereocenters. The number of carbonyl (C=O) groups is 1. The van der Waals surface area contributed by atoms with Gasteiger partial charge in [-0.2, -0.15) is 4.98 Å². The fraction of sp³-hybridized carbons (Fsp3) is 0.100. The van der Waals surface area contributed by atoms with Crippen LogP contribution in [0.15, 0.2) is 46.3 Å². The summed E-state index contributed by atoms with van der Waals surface area (Å²) in [5.74, 6) is -0.0711. The SMILES string of the molecule is Cc1ccc2onc(CC(=O)Nc3nc4scc(-c5ccc(Cl)cc5Cl)n4n3)c2c1. The third kappa shape index (κ3) is 3.43. The molecule has 0 aliphatic carbocycles. The van der Waals surface area contributed by atoms with Crippen LogP contribution in [0, 0.1) is 6.92 Å². The standard InChI is InChI=1S/C20H13Cl2N5O2S/c1-10-2-5-17-13(6-10)15(26-29-17)8-18(28)23-19-24-20-27(25-19)16(9-30-20)12-4-3-11(21)7-14(12)22/h2-7,9H,8H2,1H3,(H,23,25,28). The maximum Gasteiger partial charge on any atom is 0.250 e. The molecule has 3 aromatic heterocycles. The van der Waals surface area contributed by atoms with Crippen molar-refractivity contribution in [3.63, 3.8) is 0 Å². The van der Waals surface area contributed by atoms with Crippen LogP contribution in [0.2, 0.25) is 10.0 Å². The molecule has 150 valence electrons. The van der Waals surface area contributed by atoms with Gasteiger partial charge in [0.05, 0.1) is 17.1 Å². The van der Waals surface area contributed by atoms with E-state index in [0.717, 1.165) is 22.2 Å². The summed E-state index contributed by atoms with van der Waals surface area (Å²) < 4.78 is 6.93. The molecule has 0 saturated heterocycles. The Kier molecular flexibility index (Phi) is 4.69. The number of aryl methyl sites for hydroxylation is 1. The zero-order valence-corrected chi connectivity index (χ0v) is 17.8. The molecule has 30 heavy (non-hydrogen) atoms. The number of nitrogens with zero attached hydrogens (tertiary/aromatic N) is 4. The van der Waals surface area contributed by atoms with E-state index in [9.17, 15) is 4.79 Å². The average Bonchev–Trinajstić information content (AvgIpc) is 3.37. The van der Waals surface area contributed by atoms with Crippen molar-refractivity contribution < 1.29 is 9.32 Å². The highest BCUT2D eigenvalue weighted by Crippen LogP contribution is 2.33. The molecule has 10 heteroatoms. The van der Waals surface area contributed by atoms with E-state index in [1.165, 1.54) is 11.3 Å².